The highest BCUT2D eigenvalue weighted by molar-refractivity contribution is 5.90. The molecule has 3 atom stereocenters. The number of urea groups is 1. The molecule has 2 rings (SSSR count). The van der Waals surface area contributed by atoms with Crippen LogP contribution in [0.25, 0.3) is 0 Å². The van der Waals surface area contributed by atoms with Gasteiger partial charge in [-0.05, 0) is 30.4 Å². The van der Waals surface area contributed by atoms with Gasteiger partial charge < -0.3 is 36.4 Å². The summed E-state index contributed by atoms with van der Waals surface area (Å²) in [5.41, 5.74) is 6.92. The van der Waals surface area contributed by atoms with Crippen LogP contribution >= 0.6 is 0 Å². The molecule has 11 nitrogen and oxygen atoms in total. The molecule has 11 heteroatoms. The van der Waals surface area contributed by atoms with Crippen molar-refractivity contribution in [3.63, 3.8) is 0 Å². The summed E-state index contributed by atoms with van der Waals surface area (Å²) in [4.78, 5) is 51.5. The molecule has 0 aliphatic heterocycles. The Kier molecular flexibility index (Phi) is 13.4. The predicted molar refractivity (Wildman–Crippen MR) is 151 cm³/mol. The lowest BCUT2D eigenvalue weighted by Crippen LogP contribution is -2.56. The van der Waals surface area contributed by atoms with Crippen molar-refractivity contribution in [1.82, 2.24) is 20.9 Å². The van der Waals surface area contributed by atoms with Gasteiger partial charge >= 0.3 is 12.1 Å². The van der Waals surface area contributed by atoms with Crippen molar-refractivity contribution in [1.29, 1.82) is 0 Å². The lowest BCUT2D eigenvalue weighted by Gasteiger charge is -2.31. The maximum atomic E-state index is 13.3. The second kappa shape index (κ2) is 16.8. The summed E-state index contributed by atoms with van der Waals surface area (Å²) in [5.74, 6) is -1.27. The molecule has 0 bridgehead atoms. The van der Waals surface area contributed by atoms with E-state index in [9.17, 15) is 24.3 Å². The second-order valence-electron chi connectivity index (χ2n) is 9.92. The van der Waals surface area contributed by atoms with Gasteiger partial charge in [0.05, 0.1) is 25.1 Å². The molecule has 0 aliphatic carbocycles. The molecular weight excluding hydrogens is 514 g/mol. The first-order chi connectivity index (χ1) is 19.1. The Morgan fingerprint density at radius 2 is 1.55 bits per heavy atom. The molecule has 0 heterocycles. The number of carbonyl (C=O) groups excluding carboxylic acids is 4. The third-order valence-electron chi connectivity index (χ3n) is 6.06. The number of aliphatic hydroxyl groups is 1. The maximum absolute atomic E-state index is 13.3. The third kappa shape index (κ3) is 11.7. The molecule has 6 N–H and O–H groups in total. The number of nitrogens with two attached hydrogens (primary N) is 1. The van der Waals surface area contributed by atoms with Crippen LogP contribution in [0.3, 0.4) is 0 Å². The van der Waals surface area contributed by atoms with Crippen molar-refractivity contribution in [2.45, 2.75) is 58.4 Å². The summed E-state index contributed by atoms with van der Waals surface area (Å²) >= 11 is 0. The summed E-state index contributed by atoms with van der Waals surface area (Å²) in [6.07, 6.45) is -2.29. The zero-order valence-electron chi connectivity index (χ0n) is 23.3. The van der Waals surface area contributed by atoms with Crippen LogP contribution in [-0.2, 0) is 27.4 Å². The van der Waals surface area contributed by atoms with E-state index < -0.39 is 42.5 Å². The van der Waals surface area contributed by atoms with E-state index >= 15 is 0 Å². The zero-order chi connectivity index (χ0) is 29.5. The van der Waals surface area contributed by atoms with Crippen molar-refractivity contribution in [3.8, 4) is 0 Å². The van der Waals surface area contributed by atoms with Crippen molar-refractivity contribution in [3.05, 3.63) is 71.8 Å². The number of hydrogen-bond donors (Lipinski definition) is 5. The van der Waals surface area contributed by atoms with Crippen LogP contribution < -0.4 is 21.7 Å². The van der Waals surface area contributed by atoms with E-state index in [1.165, 1.54) is 4.90 Å². The number of ether oxygens (including phenoxy) is 1. The van der Waals surface area contributed by atoms with Gasteiger partial charge in [0.15, 0.2) is 0 Å². The number of likely N-dealkylation sites (N-methyl/N-ethyl adjacent to an activating group) is 1. The zero-order valence-corrected chi connectivity index (χ0v) is 23.3. The molecule has 0 unspecified atom stereocenters. The predicted octanol–water partition coefficient (Wildman–Crippen LogP) is 1.93. The quantitative estimate of drug-likeness (QED) is 0.225. The summed E-state index contributed by atoms with van der Waals surface area (Å²) in [6.45, 7) is 6.49. The van der Waals surface area contributed by atoms with Crippen LogP contribution in [0, 0.1) is 5.92 Å². The molecule has 0 saturated carbocycles. The van der Waals surface area contributed by atoms with Crippen LogP contribution in [0.4, 0.5) is 9.59 Å². The number of hydrogen-bond acceptors (Lipinski definition) is 6. The number of primary amides is 1. The van der Waals surface area contributed by atoms with Gasteiger partial charge in [0, 0.05) is 13.1 Å². The van der Waals surface area contributed by atoms with Crippen LogP contribution in [0.5, 0.6) is 0 Å². The van der Waals surface area contributed by atoms with Gasteiger partial charge in [-0.15, -0.1) is 0 Å². The van der Waals surface area contributed by atoms with Crippen molar-refractivity contribution < 1.29 is 29.0 Å². The average molecular weight is 556 g/mol. The number of nitrogens with zero attached hydrogens (tertiary/aromatic N) is 1. The summed E-state index contributed by atoms with van der Waals surface area (Å²) in [5, 5.41) is 19.1. The van der Waals surface area contributed by atoms with Gasteiger partial charge in [0.2, 0.25) is 11.8 Å². The normalized spacial score (nSPS) is 13.0. The van der Waals surface area contributed by atoms with E-state index in [1.54, 1.807) is 31.2 Å². The maximum Gasteiger partial charge on any atom is 0.408 e. The van der Waals surface area contributed by atoms with Crippen molar-refractivity contribution >= 4 is 23.9 Å². The lowest BCUT2D eigenvalue weighted by atomic mass is 10.00. The summed E-state index contributed by atoms with van der Waals surface area (Å²) in [6, 6.07) is 15.7. The molecule has 0 radical (unpaired) electrons. The standard InChI is InChI=1S/C29H41N5O6/c1-4-34(28(38)31-17-20(2)3)18-25(35)23(15-21-11-7-5-8-12-21)32-27(37)24(16-26(30)36)33-29(39)40-19-22-13-9-6-10-14-22/h5-14,20,23-25,35H,4,15-19H2,1-3H3,(H2,30,36)(H,31,38)(H,32,37)(H,33,39)/t23-,24-,25+/m0/s1. The van der Waals surface area contributed by atoms with Crippen LogP contribution in [0.15, 0.2) is 60.7 Å². The van der Waals surface area contributed by atoms with Crippen LogP contribution in [-0.4, -0.2) is 71.8 Å². The number of carbonyl (C=O) groups is 4. The van der Waals surface area contributed by atoms with Gasteiger partial charge in [-0.25, -0.2) is 9.59 Å². The molecule has 0 saturated heterocycles. The first-order valence-electron chi connectivity index (χ1n) is 13.4. The molecular formula is C29H41N5O6. The Hall–Kier alpha value is -4.12. The summed E-state index contributed by atoms with van der Waals surface area (Å²) < 4.78 is 5.19. The largest absolute Gasteiger partial charge is 0.445 e. The summed E-state index contributed by atoms with van der Waals surface area (Å²) in [7, 11) is 0. The fourth-order valence-electron chi connectivity index (χ4n) is 3.86. The highest BCUT2D eigenvalue weighted by Crippen LogP contribution is 2.10. The van der Waals surface area contributed by atoms with Crippen molar-refractivity contribution in [2.75, 3.05) is 19.6 Å². The number of rotatable bonds is 15. The lowest BCUT2D eigenvalue weighted by molar-refractivity contribution is -0.128. The second-order valence-corrected chi connectivity index (χ2v) is 9.92. The van der Waals surface area contributed by atoms with E-state index in [0.29, 0.717) is 13.1 Å². The number of alkyl carbamates (subject to hydrolysis) is 1. The molecule has 2 aromatic rings. The third-order valence-corrected chi connectivity index (χ3v) is 6.06. The fourth-order valence-corrected chi connectivity index (χ4v) is 3.86. The number of amides is 5. The van der Waals surface area contributed by atoms with Gasteiger partial charge in [0.25, 0.3) is 0 Å². The molecule has 0 aromatic heterocycles. The van der Waals surface area contributed by atoms with Crippen molar-refractivity contribution in [2.24, 2.45) is 11.7 Å². The molecule has 5 amide bonds. The Morgan fingerprint density at radius 1 is 0.950 bits per heavy atom. The van der Waals surface area contributed by atoms with E-state index in [-0.39, 0.29) is 31.5 Å². The van der Waals surface area contributed by atoms with E-state index in [0.717, 1.165) is 11.1 Å². The highest BCUT2D eigenvalue weighted by Gasteiger charge is 2.30. The average Bonchev–Trinajstić information content (AvgIpc) is 2.93. The van der Waals surface area contributed by atoms with E-state index in [2.05, 4.69) is 16.0 Å². The van der Waals surface area contributed by atoms with Crippen LogP contribution in [0.2, 0.25) is 0 Å². The number of benzene rings is 2. The SMILES string of the molecule is CCN(C[C@@H](O)[C@H](Cc1ccccc1)NC(=O)[C@H](CC(N)=O)NC(=O)OCc1ccccc1)C(=O)NCC(C)C. The molecule has 40 heavy (non-hydrogen) atoms. The Bertz CT molecular complexity index is 1080. The Balaban J connectivity index is 2.14. The Labute approximate surface area is 235 Å². The fraction of sp³-hybridized carbons (Fsp3) is 0.448. The smallest absolute Gasteiger partial charge is 0.408 e. The van der Waals surface area contributed by atoms with E-state index in [1.807, 2.05) is 50.2 Å². The van der Waals surface area contributed by atoms with Gasteiger partial charge in [-0.2, -0.15) is 0 Å². The highest BCUT2D eigenvalue weighted by atomic mass is 16.5. The molecule has 0 aliphatic rings. The minimum Gasteiger partial charge on any atom is -0.445 e. The Morgan fingerprint density at radius 3 is 2.10 bits per heavy atom. The number of aliphatic hydroxyl groups excluding tert-OH is 1. The topological polar surface area (TPSA) is 163 Å². The molecule has 218 valence electrons. The van der Waals surface area contributed by atoms with Gasteiger partial charge in [-0.3, -0.25) is 9.59 Å². The first-order valence-corrected chi connectivity index (χ1v) is 13.4. The number of nitrogens with one attached hydrogen (secondary N) is 3. The first kappa shape index (κ1) is 32.1. The van der Waals surface area contributed by atoms with Crippen LogP contribution in [0.1, 0.15) is 38.3 Å². The van der Waals surface area contributed by atoms with Gasteiger partial charge in [-0.1, -0.05) is 74.5 Å². The monoisotopic (exact) mass is 555 g/mol. The molecule has 2 aromatic carbocycles. The van der Waals surface area contributed by atoms with E-state index in [4.69, 9.17) is 10.5 Å². The van der Waals surface area contributed by atoms with Gasteiger partial charge in [0.1, 0.15) is 12.6 Å². The molecule has 0 fully saturated rings. The minimum atomic E-state index is -1.33. The minimum absolute atomic E-state index is 0.0291. The molecule has 0 spiro atoms.